The minimum atomic E-state index is -0.905. The number of non-ortho nitro benzene ring substituents is 1. The molecule has 0 heterocycles. The summed E-state index contributed by atoms with van der Waals surface area (Å²) in [4.78, 5) is 34.1. The van der Waals surface area contributed by atoms with E-state index in [-0.39, 0.29) is 18.0 Å². The van der Waals surface area contributed by atoms with Gasteiger partial charge in [-0.2, -0.15) is 0 Å². The number of nitro benzene ring substituents is 1. The molecule has 0 unspecified atom stereocenters. The van der Waals surface area contributed by atoms with E-state index in [4.69, 9.17) is 5.11 Å². The normalized spacial score (nSPS) is 10.1. The number of benzene rings is 1. The van der Waals surface area contributed by atoms with Crippen molar-refractivity contribution in [2.24, 2.45) is 0 Å². The van der Waals surface area contributed by atoms with Crippen LogP contribution in [0.5, 0.6) is 0 Å². The van der Waals surface area contributed by atoms with Crippen LogP contribution in [0.2, 0.25) is 0 Å². The second-order valence-corrected chi connectivity index (χ2v) is 4.48. The number of aryl methyl sites for hydroxylation is 1. The van der Waals surface area contributed by atoms with E-state index >= 15 is 0 Å². The monoisotopic (exact) mass is 280 g/mol. The summed E-state index contributed by atoms with van der Waals surface area (Å²) in [6, 6.07) is 4.05. The van der Waals surface area contributed by atoms with Gasteiger partial charge in [0.15, 0.2) is 0 Å². The molecule has 7 nitrogen and oxygen atoms in total. The lowest BCUT2D eigenvalue weighted by atomic mass is 10.1. The summed E-state index contributed by atoms with van der Waals surface area (Å²) >= 11 is 0. The fourth-order valence-corrected chi connectivity index (χ4v) is 1.78. The van der Waals surface area contributed by atoms with Crippen molar-refractivity contribution in [3.05, 3.63) is 39.4 Å². The van der Waals surface area contributed by atoms with Crippen LogP contribution in [0.4, 0.5) is 5.69 Å². The lowest BCUT2D eigenvalue weighted by Gasteiger charge is -2.17. The number of carboxylic acids is 1. The zero-order valence-electron chi connectivity index (χ0n) is 11.3. The van der Waals surface area contributed by atoms with Crippen LogP contribution in [-0.4, -0.2) is 40.4 Å². The van der Waals surface area contributed by atoms with E-state index in [0.717, 1.165) is 0 Å². The first-order valence-corrected chi connectivity index (χ1v) is 6.05. The number of aliphatic carboxylic acids is 1. The number of hydrogen-bond acceptors (Lipinski definition) is 4. The number of nitro groups is 1. The van der Waals surface area contributed by atoms with Gasteiger partial charge in [-0.05, 0) is 25.0 Å². The van der Waals surface area contributed by atoms with Gasteiger partial charge in [-0.25, -0.2) is 0 Å². The molecular weight excluding hydrogens is 264 g/mol. The number of carboxylic acid groups (broad SMARTS) is 1. The maximum Gasteiger partial charge on any atom is 0.303 e. The van der Waals surface area contributed by atoms with Gasteiger partial charge in [-0.3, -0.25) is 19.7 Å². The van der Waals surface area contributed by atoms with E-state index in [9.17, 15) is 19.7 Å². The molecule has 7 heteroatoms. The summed E-state index contributed by atoms with van der Waals surface area (Å²) in [7, 11) is 1.57. The molecule has 1 rings (SSSR count). The summed E-state index contributed by atoms with van der Waals surface area (Å²) in [5.41, 5.74) is 0.843. The zero-order valence-corrected chi connectivity index (χ0v) is 11.3. The molecule has 20 heavy (non-hydrogen) atoms. The van der Waals surface area contributed by atoms with E-state index in [2.05, 4.69) is 0 Å². The first-order valence-electron chi connectivity index (χ1n) is 6.05. The Bertz CT molecular complexity index is 542. The Hall–Kier alpha value is -2.44. The van der Waals surface area contributed by atoms with Crippen LogP contribution in [0.25, 0.3) is 0 Å². The number of carbonyl (C=O) groups is 2. The molecule has 0 bridgehead atoms. The van der Waals surface area contributed by atoms with Crippen molar-refractivity contribution >= 4 is 17.6 Å². The predicted molar refractivity (Wildman–Crippen MR) is 71.7 cm³/mol. The number of carbonyl (C=O) groups excluding carboxylic acids is 1. The Morgan fingerprint density at radius 2 is 2.05 bits per heavy atom. The van der Waals surface area contributed by atoms with Crippen molar-refractivity contribution in [1.29, 1.82) is 0 Å². The molecule has 1 aromatic rings. The van der Waals surface area contributed by atoms with Crippen molar-refractivity contribution in [2.45, 2.75) is 19.8 Å². The van der Waals surface area contributed by atoms with Gasteiger partial charge in [0.25, 0.3) is 11.6 Å². The van der Waals surface area contributed by atoms with E-state index in [1.54, 1.807) is 14.0 Å². The average molecular weight is 280 g/mol. The Morgan fingerprint density at radius 1 is 1.40 bits per heavy atom. The van der Waals surface area contributed by atoms with Crippen molar-refractivity contribution in [3.63, 3.8) is 0 Å². The highest BCUT2D eigenvalue weighted by Gasteiger charge is 2.16. The van der Waals surface area contributed by atoms with Crippen molar-refractivity contribution in [3.8, 4) is 0 Å². The molecule has 0 spiro atoms. The quantitative estimate of drug-likeness (QED) is 0.633. The lowest BCUT2D eigenvalue weighted by molar-refractivity contribution is -0.384. The highest BCUT2D eigenvalue weighted by molar-refractivity contribution is 5.95. The lowest BCUT2D eigenvalue weighted by Crippen LogP contribution is -2.28. The van der Waals surface area contributed by atoms with Crippen LogP contribution in [0.15, 0.2) is 18.2 Å². The summed E-state index contributed by atoms with van der Waals surface area (Å²) in [5, 5.41) is 19.2. The fraction of sp³-hybridized carbons (Fsp3) is 0.385. The van der Waals surface area contributed by atoms with Crippen LogP contribution in [0.1, 0.15) is 28.8 Å². The largest absolute Gasteiger partial charge is 0.481 e. The molecule has 1 amide bonds. The summed E-state index contributed by atoms with van der Waals surface area (Å²) in [6.45, 7) is 1.95. The van der Waals surface area contributed by atoms with Crippen molar-refractivity contribution in [1.82, 2.24) is 4.90 Å². The summed E-state index contributed by atoms with van der Waals surface area (Å²) in [5.74, 6) is -1.18. The van der Waals surface area contributed by atoms with Gasteiger partial charge < -0.3 is 10.0 Å². The maximum atomic E-state index is 12.1. The smallest absolute Gasteiger partial charge is 0.303 e. The number of nitrogens with zero attached hydrogens (tertiary/aromatic N) is 2. The third-order valence-corrected chi connectivity index (χ3v) is 2.88. The van der Waals surface area contributed by atoms with Crippen LogP contribution in [-0.2, 0) is 4.79 Å². The minimum Gasteiger partial charge on any atom is -0.481 e. The first-order chi connectivity index (χ1) is 9.32. The maximum absolute atomic E-state index is 12.1. The molecular formula is C13H16N2O5. The highest BCUT2D eigenvalue weighted by atomic mass is 16.6. The summed E-state index contributed by atoms with van der Waals surface area (Å²) < 4.78 is 0. The number of amides is 1. The Labute approximate surface area is 116 Å². The molecule has 1 N–H and O–H groups in total. The molecule has 1 aromatic carbocycles. The van der Waals surface area contributed by atoms with E-state index in [1.807, 2.05) is 0 Å². The molecule has 0 saturated heterocycles. The molecule has 0 radical (unpaired) electrons. The topological polar surface area (TPSA) is 101 Å². The van der Waals surface area contributed by atoms with E-state index < -0.39 is 10.9 Å². The number of hydrogen-bond donors (Lipinski definition) is 1. The minimum absolute atomic E-state index is 0.00311. The Kier molecular flexibility index (Phi) is 5.19. The van der Waals surface area contributed by atoms with Crippen LogP contribution < -0.4 is 0 Å². The van der Waals surface area contributed by atoms with Gasteiger partial charge in [0.1, 0.15) is 0 Å². The van der Waals surface area contributed by atoms with Gasteiger partial charge in [-0.15, -0.1) is 0 Å². The summed E-state index contributed by atoms with van der Waals surface area (Å²) in [6.07, 6.45) is 0.362. The second-order valence-electron chi connectivity index (χ2n) is 4.48. The zero-order chi connectivity index (χ0) is 15.3. The van der Waals surface area contributed by atoms with Crippen LogP contribution >= 0.6 is 0 Å². The van der Waals surface area contributed by atoms with Crippen molar-refractivity contribution < 1.29 is 19.6 Å². The molecule has 0 saturated carbocycles. The Balaban J connectivity index is 2.76. The predicted octanol–water partition coefficient (Wildman–Crippen LogP) is 1.84. The molecule has 0 aliphatic rings. The Morgan fingerprint density at radius 3 is 2.55 bits per heavy atom. The second kappa shape index (κ2) is 6.65. The first kappa shape index (κ1) is 15.6. The molecule has 0 atom stereocenters. The third-order valence-electron chi connectivity index (χ3n) is 2.88. The fourth-order valence-electron chi connectivity index (χ4n) is 1.78. The van der Waals surface area contributed by atoms with Gasteiger partial charge in [0, 0.05) is 37.7 Å². The molecule has 0 aromatic heterocycles. The highest BCUT2D eigenvalue weighted by Crippen LogP contribution is 2.18. The molecule has 0 aliphatic carbocycles. The van der Waals surface area contributed by atoms with Crippen LogP contribution in [0, 0.1) is 17.0 Å². The standard InChI is InChI=1S/C13H16N2O5/c1-9-8-10(15(19)20)5-6-11(9)13(18)14(2)7-3-4-12(16)17/h5-6,8H,3-4,7H2,1-2H3,(H,16,17). The molecule has 0 fully saturated rings. The molecule has 108 valence electrons. The third kappa shape index (κ3) is 4.04. The van der Waals surface area contributed by atoms with E-state index in [1.165, 1.54) is 23.1 Å². The van der Waals surface area contributed by atoms with Gasteiger partial charge in [0.05, 0.1) is 4.92 Å². The average Bonchev–Trinajstić information content (AvgIpc) is 2.37. The van der Waals surface area contributed by atoms with Gasteiger partial charge >= 0.3 is 5.97 Å². The van der Waals surface area contributed by atoms with Crippen molar-refractivity contribution in [2.75, 3.05) is 13.6 Å². The SMILES string of the molecule is Cc1cc([N+](=O)[O-])ccc1C(=O)N(C)CCCC(=O)O. The number of rotatable bonds is 6. The van der Waals surface area contributed by atoms with Crippen LogP contribution in [0.3, 0.4) is 0 Å². The molecule has 0 aliphatic heterocycles. The van der Waals surface area contributed by atoms with E-state index in [0.29, 0.717) is 24.1 Å². The van der Waals surface area contributed by atoms with Gasteiger partial charge in [-0.1, -0.05) is 0 Å². The van der Waals surface area contributed by atoms with Gasteiger partial charge in [0.2, 0.25) is 0 Å².